The summed E-state index contributed by atoms with van der Waals surface area (Å²) in [6, 6.07) is 5.78. The van der Waals surface area contributed by atoms with E-state index in [-0.39, 0.29) is 15.7 Å². The highest BCUT2D eigenvalue weighted by Crippen LogP contribution is 2.20. The fraction of sp³-hybridized carbons (Fsp3) is 0.286. The quantitative estimate of drug-likeness (QED) is 0.741. The first-order valence-corrected chi connectivity index (χ1v) is 8.98. The second-order valence-corrected chi connectivity index (χ2v) is 7.50. The van der Waals surface area contributed by atoms with Gasteiger partial charge in [-0.25, -0.2) is 13.4 Å². The number of rotatable bonds is 6. The third-order valence-corrected chi connectivity index (χ3v) is 5.22. The SMILES string of the molecule is CCCn1cnc(C(=O)CS(=O)(=O)c2cccc(Cl)c2)c1Cl. The van der Waals surface area contributed by atoms with Crippen molar-refractivity contribution in [2.45, 2.75) is 24.8 Å². The lowest BCUT2D eigenvalue weighted by atomic mass is 10.3. The second kappa shape index (κ2) is 6.81. The number of hydrogen-bond acceptors (Lipinski definition) is 4. The van der Waals surface area contributed by atoms with Gasteiger partial charge >= 0.3 is 0 Å². The Morgan fingerprint density at radius 1 is 1.32 bits per heavy atom. The molecule has 8 heteroatoms. The van der Waals surface area contributed by atoms with Crippen molar-refractivity contribution in [1.29, 1.82) is 0 Å². The highest BCUT2D eigenvalue weighted by molar-refractivity contribution is 7.92. The predicted octanol–water partition coefficient (Wildman–Crippen LogP) is 3.26. The number of aromatic nitrogens is 2. The van der Waals surface area contributed by atoms with E-state index in [9.17, 15) is 13.2 Å². The van der Waals surface area contributed by atoms with Crippen molar-refractivity contribution < 1.29 is 13.2 Å². The van der Waals surface area contributed by atoms with Gasteiger partial charge in [-0.15, -0.1) is 0 Å². The molecule has 0 aliphatic carbocycles. The Morgan fingerprint density at radius 2 is 2.05 bits per heavy atom. The van der Waals surface area contributed by atoms with Gasteiger partial charge in [0.05, 0.1) is 11.2 Å². The normalized spacial score (nSPS) is 11.6. The Morgan fingerprint density at radius 3 is 2.68 bits per heavy atom. The molecule has 0 aliphatic heterocycles. The molecule has 1 aromatic heterocycles. The number of nitrogens with zero attached hydrogens (tertiary/aromatic N) is 2. The minimum atomic E-state index is -3.79. The number of carbonyl (C=O) groups excluding carboxylic acids is 1. The Balaban J connectivity index is 2.25. The summed E-state index contributed by atoms with van der Waals surface area (Å²) in [7, 11) is -3.79. The highest BCUT2D eigenvalue weighted by Gasteiger charge is 2.24. The van der Waals surface area contributed by atoms with Gasteiger partial charge in [0.1, 0.15) is 16.6 Å². The first-order chi connectivity index (χ1) is 10.3. The summed E-state index contributed by atoms with van der Waals surface area (Å²) in [5.74, 6) is -1.34. The topological polar surface area (TPSA) is 69.0 Å². The standard InChI is InChI=1S/C14H14Cl2N2O3S/c1-2-6-18-9-17-13(14(18)16)12(19)8-22(20,21)11-5-3-4-10(15)7-11/h3-5,7,9H,2,6,8H2,1H3. The van der Waals surface area contributed by atoms with Crippen molar-refractivity contribution in [2.75, 3.05) is 5.75 Å². The van der Waals surface area contributed by atoms with Gasteiger partial charge in [-0.2, -0.15) is 0 Å². The number of carbonyl (C=O) groups is 1. The highest BCUT2D eigenvalue weighted by atomic mass is 35.5. The van der Waals surface area contributed by atoms with E-state index in [1.165, 1.54) is 24.5 Å². The zero-order valence-corrected chi connectivity index (χ0v) is 14.1. The van der Waals surface area contributed by atoms with E-state index >= 15 is 0 Å². The lowest BCUT2D eigenvalue weighted by Gasteiger charge is -2.04. The molecular weight excluding hydrogens is 347 g/mol. The number of halogens is 2. The summed E-state index contributed by atoms with van der Waals surface area (Å²) in [5.41, 5.74) is -0.0271. The van der Waals surface area contributed by atoms with Gasteiger partial charge < -0.3 is 4.57 Å². The lowest BCUT2D eigenvalue weighted by molar-refractivity contribution is 0.101. The van der Waals surface area contributed by atoms with Crippen LogP contribution >= 0.6 is 23.2 Å². The molecule has 2 rings (SSSR count). The van der Waals surface area contributed by atoms with Crippen LogP contribution in [0.3, 0.4) is 0 Å². The Hall–Kier alpha value is -1.37. The van der Waals surface area contributed by atoms with Gasteiger partial charge in [0.25, 0.3) is 0 Å². The van der Waals surface area contributed by atoms with Crippen LogP contribution in [0.25, 0.3) is 0 Å². The van der Waals surface area contributed by atoms with Crippen molar-refractivity contribution in [2.24, 2.45) is 0 Å². The van der Waals surface area contributed by atoms with Crippen molar-refractivity contribution in [1.82, 2.24) is 9.55 Å². The van der Waals surface area contributed by atoms with E-state index in [2.05, 4.69) is 4.98 Å². The molecule has 0 aliphatic rings. The molecule has 22 heavy (non-hydrogen) atoms. The van der Waals surface area contributed by atoms with Crippen LogP contribution in [0, 0.1) is 0 Å². The van der Waals surface area contributed by atoms with Crippen LogP contribution in [0.5, 0.6) is 0 Å². The van der Waals surface area contributed by atoms with Crippen molar-refractivity contribution >= 4 is 38.8 Å². The number of hydrogen-bond donors (Lipinski definition) is 0. The van der Waals surface area contributed by atoms with E-state index in [4.69, 9.17) is 23.2 Å². The molecule has 2 aromatic rings. The molecule has 0 N–H and O–H groups in total. The summed E-state index contributed by atoms with van der Waals surface area (Å²) in [6.45, 7) is 2.57. The summed E-state index contributed by atoms with van der Waals surface area (Å²) < 4.78 is 26.1. The average molecular weight is 361 g/mol. The van der Waals surface area contributed by atoms with Gasteiger partial charge in [-0.3, -0.25) is 4.79 Å². The number of Topliss-reactive ketones (excluding diaryl/α,β-unsaturated/α-hetero) is 1. The molecule has 0 atom stereocenters. The fourth-order valence-electron chi connectivity index (χ4n) is 1.94. The summed E-state index contributed by atoms with van der Waals surface area (Å²) in [4.78, 5) is 16.1. The minimum Gasteiger partial charge on any atom is -0.321 e. The maximum absolute atomic E-state index is 12.3. The third-order valence-electron chi connectivity index (χ3n) is 2.98. The van der Waals surface area contributed by atoms with Crippen LogP contribution < -0.4 is 0 Å². The molecule has 0 saturated heterocycles. The minimum absolute atomic E-state index is 0.00235. The fourth-order valence-corrected chi connectivity index (χ4v) is 3.71. The monoisotopic (exact) mass is 360 g/mol. The van der Waals surface area contributed by atoms with E-state index in [0.29, 0.717) is 11.6 Å². The Kier molecular flexibility index (Phi) is 5.26. The largest absolute Gasteiger partial charge is 0.321 e. The maximum Gasteiger partial charge on any atom is 0.199 e. The second-order valence-electron chi connectivity index (χ2n) is 4.72. The van der Waals surface area contributed by atoms with Gasteiger partial charge in [0.15, 0.2) is 15.6 Å². The number of imidazole rings is 1. The number of benzene rings is 1. The van der Waals surface area contributed by atoms with Crippen molar-refractivity contribution in [3.8, 4) is 0 Å². The summed E-state index contributed by atoms with van der Waals surface area (Å²) in [5, 5.41) is 0.451. The van der Waals surface area contributed by atoms with Crippen LogP contribution in [0.15, 0.2) is 35.5 Å². The first kappa shape index (κ1) is 17.0. The Bertz CT molecular complexity index is 800. The molecule has 1 aromatic carbocycles. The molecule has 0 fully saturated rings. The molecule has 5 nitrogen and oxygen atoms in total. The maximum atomic E-state index is 12.3. The number of aryl methyl sites for hydroxylation is 1. The van der Waals surface area contributed by atoms with Gasteiger partial charge in [-0.1, -0.05) is 36.2 Å². The predicted molar refractivity (Wildman–Crippen MR) is 85.4 cm³/mol. The molecule has 1 heterocycles. The molecule has 0 spiro atoms. The summed E-state index contributed by atoms with van der Waals surface area (Å²) in [6.07, 6.45) is 2.26. The molecule has 0 radical (unpaired) electrons. The van der Waals surface area contributed by atoms with E-state index in [1.54, 1.807) is 10.6 Å². The van der Waals surface area contributed by atoms with Crippen molar-refractivity contribution in [3.05, 3.63) is 46.5 Å². The summed E-state index contributed by atoms with van der Waals surface area (Å²) >= 11 is 11.8. The zero-order chi connectivity index (χ0) is 16.3. The number of sulfone groups is 1. The smallest absolute Gasteiger partial charge is 0.199 e. The van der Waals surface area contributed by atoms with Crippen LogP contribution in [-0.2, 0) is 16.4 Å². The molecule has 0 amide bonds. The molecule has 0 saturated carbocycles. The Labute approximate surface area is 138 Å². The van der Waals surface area contributed by atoms with E-state index in [0.717, 1.165) is 6.42 Å². The molecule has 0 bridgehead atoms. The van der Waals surface area contributed by atoms with Gasteiger partial charge in [-0.05, 0) is 24.6 Å². The van der Waals surface area contributed by atoms with Crippen LogP contribution in [0.1, 0.15) is 23.8 Å². The first-order valence-electron chi connectivity index (χ1n) is 6.57. The van der Waals surface area contributed by atoms with Crippen LogP contribution in [0.2, 0.25) is 10.2 Å². The van der Waals surface area contributed by atoms with Gasteiger partial charge in [0, 0.05) is 11.6 Å². The van der Waals surface area contributed by atoms with E-state index < -0.39 is 21.4 Å². The molecular formula is C14H14Cl2N2O3S. The molecule has 0 unspecified atom stereocenters. The zero-order valence-electron chi connectivity index (χ0n) is 11.8. The van der Waals surface area contributed by atoms with E-state index in [1.807, 2.05) is 6.92 Å². The average Bonchev–Trinajstić information content (AvgIpc) is 2.80. The van der Waals surface area contributed by atoms with Crippen LogP contribution in [0.4, 0.5) is 0 Å². The number of ketones is 1. The third kappa shape index (κ3) is 3.69. The van der Waals surface area contributed by atoms with Crippen molar-refractivity contribution in [3.63, 3.8) is 0 Å². The molecule has 118 valence electrons. The van der Waals surface area contributed by atoms with Crippen LogP contribution in [-0.4, -0.2) is 29.5 Å². The van der Waals surface area contributed by atoms with Gasteiger partial charge in [0.2, 0.25) is 0 Å². The lowest BCUT2D eigenvalue weighted by Crippen LogP contribution is -2.17.